The summed E-state index contributed by atoms with van der Waals surface area (Å²) in [6, 6.07) is 2.32. The fourth-order valence-corrected chi connectivity index (χ4v) is 11.0. The lowest BCUT2D eigenvalue weighted by molar-refractivity contribution is -0.161. The van der Waals surface area contributed by atoms with Gasteiger partial charge in [0.2, 0.25) is 0 Å². The normalized spacial score (nSPS) is 42.8. The van der Waals surface area contributed by atoms with Crippen LogP contribution >= 0.6 is 0 Å². The number of aliphatic hydroxyl groups is 1. The minimum Gasteiger partial charge on any atom is -0.511 e. The van der Waals surface area contributed by atoms with E-state index in [4.69, 9.17) is 14.2 Å². The van der Waals surface area contributed by atoms with E-state index in [1.807, 2.05) is 6.08 Å². The van der Waals surface area contributed by atoms with Crippen LogP contribution in [0.25, 0.3) is 0 Å². The van der Waals surface area contributed by atoms with Crippen molar-refractivity contribution in [2.45, 2.75) is 112 Å². The van der Waals surface area contributed by atoms with Gasteiger partial charge < -0.3 is 14.4 Å². The standard InChI is InChI=1S/C34H47N3O4/c1-29(2)11-13-34(28-36-25(19-40-8)41-37-28)14-12-33(7)26(21(34)17-29)22(38)15-24-31(5)16-20(18-35)27(39)30(3,4)23(31)9-10-32(24,33)6/h15,21,23,26,39H,9-14,16-17,19H2,1-8H3/t21-,23-,26-,31-,32+,33+,34-/m0/s1. The lowest BCUT2D eigenvalue weighted by Crippen LogP contribution is -2.65. The number of hydrogen-bond acceptors (Lipinski definition) is 7. The van der Waals surface area contributed by atoms with E-state index in [9.17, 15) is 15.2 Å². The first kappa shape index (κ1) is 28.6. The zero-order valence-electron chi connectivity index (χ0n) is 26.2. The van der Waals surface area contributed by atoms with E-state index < -0.39 is 5.41 Å². The van der Waals surface area contributed by atoms with Gasteiger partial charge in [0.05, 0.1) is 11.6 Å². The van der Waals surface area contributed by atoms with Gasteiger partial charge in [0, 0.05) is 23.9 Å². The number of ether oxygens (including phenoxy) is 1. The molecule has 1 aromatic rings. The van der Waals surface area contributed by atoms with Gasteiger partial charge in [0.1, 0.15) is 12.4 Å². The summed E-state index contributed by atoms with van der Waals surface area (Å²) in [5.41, 5.74) is 0.216. The molecular formula is C34H47N3O4. The summed E-state index contributed by atoms with van der Waals surface area (Å²) in [6.07, 6.45) is 9.25. The van der Waals surface area contributed by atoms with Gasteiger partial charge in [0.25, 0.3) is 5.89 Å². The van der Waals surface area contributed by atoms with Crippen molar-refractivity contribution < 1.29 is 19.2 Å². The Morgan fingerprint density at radius 2 is 1.80 bits per heavy atom. The second kappa shape index (κ2) is 8.78. The van der Waals surface area contributed by atoms with Crippen molar-refractivity contribution in [3.05, 3.63) is 34.7 Å². The summed E-state index contributed by atoms with van der Waals surface area (Å²) in [6.45, 7) is 16.2. The van der Waals surface area contributed by atoms with Crippen LogP contribution in [0.2, 0.25) is 0 Å². The van der Waals surface area contributed by atoms with E-state index >= 15 is 0 Å². The van der Waals surface area contributed by atoms with Gasteiger partial charge in [-0.2, -0.15) is 10.2 Å². The lowest BCUT2D eigenvalue weighted by Gasteiger charge is -2.69. The Kier molecular flexibility index (Phi) is 6.14. The Morgan fingerprint density at radius 3 is 2.49 bits per heavy atom. The van der Waals surface area contributed by atoms with Crippen LogP contribution in [-0.2, 0) is 21.6 Å². The maximum atomic E-state index is 14.7. The van der Waals surface area contributed by atoms with Crippen molar-refractivity contribution >= 4 is 5.78 Å². The molecule has 0 unspecified atom stereocenters. The van der Waals surface area contributed by atoms with Crippen molar-refractivity contribution in [1.29, 1.82) is 5.26 Å². The zero-order valence-corrected chi connectivity index (χ0v) is 26.2. The van der Waals surface area contributed by atoms with Gasteiger partial charge in [-0.1, -0.05) is 59.2 Å². The predicted molar refractivity (Wildman–Crippen MR) is 154 cm³/mol. The van der Waals surface area contributed by atoms with Gasteiger partial charge in [-0.25, -0.2) is 0 Å². The average molecular weight is 562 g/mol. The molecule has 1 N–H and O–H groups in total. The molecule has 0 radical (unpaired) electrons. The molecule has 41 heavy (non-hydrogen) atoms. The largest absolute Gasteiger partial charge is 0.511 e. The second-order valence-corrected chi connectivity index (χ2v) is 16.1. The van der Waals surface area contributed by atoms with Crippen LogP contribution in [0.15, 0.2) is 27.5 Å². The number of allylic oxidation sites excluding steroid dienone is 4. The summed E-state index contributed by atoms with van der Waals surface area (Å²) < 4.78 is 10.9. The van der Waals surface area contributed by atoms with Crippen molar-refractivity contribution in [2.24, 2.45) is 44.8 Å². The van der Waals surface area contributed by atoms with E-state index in [1.165, 1.54) is 5.57 Å². The van der Waals surface area contributed by atoms with Crippen LogP contribution in [-0.4, -0.2) is 28.1 Å². The Hall–Kier alpha value is -2.46. The first-order valence-corrected chi connectivity index (χ1v) is 15.5. The highest BCUT2D eigenvalue weighted by atomic mass is 16.5. The first-order valence-electron chi connectivity index (χ1n) is 15.5. The van der Waals surface area contributed by atoms with Crippen LogP contribution in [0, 0.1) is 56.2 Å². The SMILES string of the molecule is COCc1nc([C@]23CCC(C)(C)C[C@H]2[C@H]2C(=O)C=C4[C@@]5(C)CC(C#N)=C(O)C(C)(C)[C@@H]5CC[C@@]4(C)[C@]2(C)CC3)no1. The number of carbonyl (C=O) groups excluding carboxylic acids is 1. The monoisotopic (exact) mass is 561 g/mol. The number of ketones is 1. The third-order valence-corrected chi connectivity index (χ3v) is 13.3. The molecule has 0 bridgehead atoms. The number of carbonyl (C=O) groups is 1. The zero-order chi connectivity index (χ0) is 29.8. The van der Waals surface area contributed by atoms with E-state index in [0.717, 1.165) is 50.8 Å². The summed E-state index contributed by atoms with van der Waals surface area (Å²) in [4.78, 5) is 19.5. The van der Waals surface area contributed by atoms with Crippen molar-refractivity contribution in [3.63, 3.8) is 0 Å². The Labute approximate surface area is 244 Å². The van der Waals surface area contributed by atoms with Gasteiger partial charge in [-0.15, -0.1) is 0 Å². The number of nitrogens with zero attached hydrogens (tertiary/aromatic N) is 3. The molecule has 7 heteroatoms. The Bertz CT molecular complexity index is 1400. The number of rotatable bonds is 3. The molecule has 3 fully saturated rings. The molecule has 0 aliphatic heterocycles. The van der Waals surface area contributed by atoms with Crippen LogP contribution in [0.1, 0.15) is 112 Å². The molecule has 1 aromatic heterocycles. The predicted octanol–water partition coefficient (Wildman–Crippen LogP) is 7.39. The first-order chi connectivity index (χ1) is 19.1. The highest BCUT2D eigenvalue weighted by Gasteiger charge is 2.70. The van der Waals surface area contributed by atoms with Gasteiger partial charge in [-0.3, -0.25) is 4.79 Å². The van der Waals surface area contributed by atoms with Crippen molar-refractivity contribution in [1.82, 2.24) is 10.1 Å². The topological polar surface area (TPSA) is 109 Å². The molecule has 222 valence electrons. The Balaban J connectivity index is 1.50. The van der Waals surface area contributed by atoms with Crippen LogP contribution < -0.4 is 0 Å². The summed E-state index contributed by atoms with van der Waals surface area (Å²) in [5, 5.41) is 25.6. The van der Waals surface area contributed by atoms with Gasteiger partial charge >= 0.3 is 0 Å². The summed E-state index contributed by atoms with van der Waals surface area (Å²) >= 11 is 0. The van der Waals surface area contributed by atoms with Gasteiger partial charge in [0.15, 0.2) is 11.6 Å². The quantitative estimate of drug-likeness (QED) is 0.410. The van der Waals surface area contributed by atoms with E-state index in [0.29, 0.717) is 17.9 Å². The molecule has 7 atom stereocenters. The fraction of sp³-hybridized carbons (Fsp3) is 0.765. The molecule has 0 amide bonds. The summed E-state index contributed by atoms with van der Waals surface area (Å²) in [5.74, 6) is 1.85. The summed E-state index contributed by atoms with van der Waals surface area (Å²) in [7, 11) is 1.63. The van der Waals surface area contributed by atoms with Crippen LogP contribution in [0.3, 0.4) is 0 Å². The van der Waals surface area contributed by atoms with E-state index in [2.05, 4.69) is 59.7 Å². The van der Waals surface area contributed by atoms with E-state index in [-0.39, 0.29) is 63.0 Å². The molecule has 0 aromatic carbocycles. The molecule has 7 nitrogen and oxygen atoms in total. The molecule has 5 aliphatic rings. The van der Waals surface area contributed by atoms with Crippen molar-refractivity contribution in [2.75, 3.05) is 7.11 Å². The molecule has 0 spiro atoms. The van der Waals surface area contributed by atoms with Crippen molar-refractivity contribution in [3.8, 4) is 6.07 Å². The molecule has 0 saturated heterocycles. The van der Waals surface area contributed by atoms with E-state index in [1.54, 1.807) is 7.11 Å². The van der Waals surface area contributed by atoms with Crippen LogP contribution in [0.4, 0.5) is 0 Å². The molecule has 3 saturated carbocycles. The van der Waals surface area contributed by atoms with Crippen LogP contribution in [0.5, 0.6) is 0 Å². The minimum absolute atomic E-state index is 0.118. The molecule has 5 aliphatic carbocycles. The number of nitriles is 1. The molecule has 1 heterocycles. The number of aromatic nitrogens is 2. The maximum absolute atomic E-state index is 14.7. The lowest BCUT2D eigenvalue weighted by atomic mass is 9.34. The third kappa shape index (κ3) is 3.61. The number of methoxy groups -OCH3 is 1. The third-order valence-electron chi connectivity index (χ3n) is 13.3. The molecule has 6 rings (SSSR count). The highest BCUT2D eigenvalue weighted by Crippen LogP contribution is 2.75. The van der Waals surface area contributed by atoms with Gasteiger partial charge in [-0.05, 0) is 90.9 Å². The fourth-order valence-electron chi connectivity index (χ4n) is 11.0. The maximum Gasteiger partial charge on any atom is 0.252 e. The highest BCUT2D eigenvalue weighted by molar-refractivity contribution is 5.95. The second-order valence-electron chi connectivity index (χ2n) is 16.1. The minimum atomic E-state index is -0.519. The Morgan fingerprint density at radius 1 is 1.10 bits per heavy atom. The smallest absolute Gasteiger partial charge is 0.252 e. The molecular weight excluding hydrogens is 514 g/mol. The number of fused-ring (bicyclic) bond motifs is 7. The average Bonchev–Trinajstić information content (AvgIpc) is 3.37. The number of aliphatic hydroxyl groups excluding tert-OH is 1. The number of hydrogen-bond donors (Lipinski definition) is 1.